The van der Waals surface area contributed by atoms with Crippen LogP contribution in [0.25, 0.3) is 0 Å². The number of benzene rings is 2. The first-order chi connectivity index (χ1) is 13.7. The summed E-state index contributed by atoms with van der Waals surface area (Å²) in [4.78, 5) is 2.74. The van der Waals surface area contributed by atoms with Gasteiger partial charge >= 0.3 is 0 Å². The highest BCUT2D eigenvalue weighted by Crippen LogP contribution is 2.28. The number of ether oxygens (including phenoxy) is 1. The van der Waals surface area contributed by atoms with Gasteiger partial charge in [0.25, 0.3) is 0 Å². The molecule has 0 spiro atoms. The van der Waals surface area contributed by atoms with Gasteiger partial charge in [0.15, 0.2) is 0 Å². The Morgan fingerprint density at radius 1 is 1.14 bits per heavy atom. The van der Waals surface area contributed by atoms with Crippen LogP contribution in [0.15, 0.2) is 41.3 Å². The molecular weight excluding hydrogens is 384 g/mol. The number of methoxy groups -OCH3 is 1. The molecule has 1 aliphatic rings. The minimum Gasteiger partial charge on any atom is -0.497 e. The fourth-order valence-electron chi connectivity index (χ4n) is 4.21. The van der Waals surface area contributed by atoms with Crippen molar-refractivity contribution in [2.24, 2.45) is 5.92 Å². The molecule has 3 rings (SSSR count). The number of rotatable bonds is 6. The molecule has 1 fully saturated rings. The van der Waals surface area contributed by atoms with E-state index in [1.54, 1.807) is 33.1 Å². The molecule has 2 aromatic carbocycles. The number of hydrogen-bond acceptors (Lipinski definition) is 4. The lowest BCUT2D eigenvalue weighted by Gasteiger charge is -2.33. The molecule has 158 valence electrons. The summed E-state index contributed by atoms with van der Waals surface area (Å²) in [5.74, 6) is 1.37. The molecule has 0 unspecified atom stereocenters. The largest absolute Gasteiger partial charge is 0.497 e. The number of piperidine rings is 1. The van der Waals surface area contributed by atoms with Crippen molar-refractivity contribution >= 4 is 15.7 Å². The van der Waals surface area contributed by atoms with E-state index < -0.39 is 10.0 Å². The summed E-state index contributed by atoms with van der Waals surface area (Å²) in [6.45, 7) is 9.93. The van der Waals surface area contributed by atoms with Crippen molar-refractivity contribution in [1.29, 1.82) is 0 Å². The summed E-state index contributed by atoms with van der Waals surface area (Å²) < 4.78 is 34.2. The lowest BCUT2D eigenvalue weighted by molar-refractivity contribution is 0.413. The highest BCUT2D eigenvalue weighted by molar-refractivity contribution is 7.89. The minimum atomic E-state index is -3.65. The van der Waals surface area contributed by atoms with Crippen LogP contribution in [0, 0.1) is 19.8 Å². The molecule has 1 heterocycles. The van der Waals surface area contributed by atoms with Gasteiger partial charge in [0.1, 0.15) is 5.75 Å². The number of hydrogen-bond donors (Lipinski definition) is 1. The fraction of sp³-hybridized carbons (Fsp3) is 0.478. The molecule has 6 heteroatoms. The molecule has 0 bridgehead atoms. The van der Waals surface area contributed by atoms with Crippen molar-refractivity contribution in [3.05, 3.63) is 53.1 Å². The molecule has 5 nitrogen and oxygen atoms in total. The minimum absolute atomic E-state index is 0.323. The Kier molecular flexibility index (Phi) is 6.54. The predicted molar refractivity (Wildman–Crippen MR) is 118 cm³/mol. The van der Waals surface area contributed by atoms with E-state index in [1.165, 1.54) is 18.5 Å². The lowest BCUT2D eigenvalue weighted by atomic mass is 9.99. The van der Waals surface area contributed by atoms with E-state index in [0.29, 0.717) is 27.7 Å². The van der Waals surface area contributed by atoms with Crippen molar-refractivity contribution in [3.63, 3.8) is 0 Å². The zero-order chi connectivity index (χ0) is 21.2. The van der Waals surface area contributed by atoms with E-state index in [9.17, 15) is 8.42 Å². The third kappa shape index (κ3) is 4.93. The molecule has 1 aliphatic heterocycles. The number of nitrogens with one attached hydrogen (secondary N) is 1. The molecule has 0 aliphatic carbocycles. The van der Waals surface area contributed by atoms with Gasteiger partial charge in [0, 0.05) is 24.8 Å². The van der Waals surface area contributed by atoms with E-state index in [-0.39, 0.29) is 6.04 Å². The maximum Gasteiger partial charge on any atom is 0.241 e. The standard InChI is InChI=1S/C23H32N2O3S/c1-16-7-6-12-25(15-16)21-10-8-20(9-11-21)19(4)24-29(26,27)23-17(2)13-22(28-5)14-18(23)3/h8-11,13-14,16,19,24H,6-7,12,15H2,1-5H3/t16-,19-/m1/s1. The van der Waals surface area contributed by atoms with Crippen LogP contribution in [0.1, 0.15) is 49.4 Å². The first-order valence-electron chi connectivity index (χ1n) is 10.2. The predicted octanol–water partition coefficient (Wildman–Crippen LogP) is 4.59. The van der Waals surface area contributed by atoms with Crippen LogP contribution >= 0.6 is 0 Å². The molecule has 2 aromatic rings. The maximum atomic E-state index is 13.0. The zero-order valence-electron chi connectivity index (χ0n) is 18.0. The van der Waals surface area contributed by atoms with Gasteiger partial charge in [0.2, 0.25) is 10.0 Å². The van der Waals surface area contributed by atoms with Crippen molar-refractivity contribution in [2.75, 3.05) is 25.1 Å². The Morgan fingerprint density at radius 3 is 2.31 bits per heavy atom. The summed E-state index contributed by atoms with van der Waals surface area (Å²) in [7, 11) is -2.07. The second-order valence-electron chi connectivity index (χ2n) is 8.22. The van der Waals surface area contributed by atoms with E-state index in [2.05, 4.69) is 28.7 Å². The van der Waals surface area contributed by atoms with Gasteiger partial charge in [-0.1, -0.05) is 19.1 Å². The Labute approximate surface area is 175 Å². The van der Waals surface area contributed by atoms with Gasteiger partial charge in [-0.05, 0) is 80.5 Å². The normalized spacial score (nSPS) is 18.5. The second-order valence-corrected chi connectivity index (χ2v) is 9.87. The zero-order valence-corrected chi connectivity index (χ0v) is 18.8. The number of aryl methyl sites for hydroxylation is 2. The Morgan fingerprint density at radius 2 is 1.76 bits per heavy atom. The molecule has 29 heavy (non-hydrogen) atoms. The molecule has 0 radical (unpaired) electrons. The summed E-state index contributed by atoms with van der Waals surface area (Å²) >= 11 is 0. The third-order valence-corrected chi connectivity index (χ3v) is 7.53. The molecule has 2 atom stereocenters. The molecular formula is C23H32N2O3S. The Bertz CT molecular complexity index is 932. The third-order valence-electron chi connectivity index (χ3n) is 5.69. The first-order valence-corrected chi connectivity index (χ1v) is 11.7. The quantitative estimate of drug-likeness (QED) is 0.748. The number of anilines is 1. The average Bonchev–Trinajstić information content (AvgIpc) is 2.66. The first kappa shape index (κ1) is 21.7. The average molecular weight is 417 g/mol. The van der Waals surface area contributed by atoms with Crippen LogP contribution < -0.4 is 14.4 Å². The van der Waals surface area contributed by atoms with Gasteiger partial charge < -0.3 is 9.64 Å². The Balaban J connectivity index is 1.76. The van der Waals surface area contributed by atoms with Crippen LogP contribution in [0.5, 0.6) is 5.75 Å². The van der Waals surface area contributed by atoms with Crippen LogP contribution in [-0.2, 0) is 10.0 Å². The smallest absolute Gasteiger partial charge is 0.241 e. The molecule has 0 aromatic heterocycles. The van der Waals surface area contributed by atoms with Crippen LogP contribution in [0.4, 0.5) is 5.69 Å². The summed E-state index contributed by atoms with van der Waals surface area (Å²) in [6.07, 6.45) is 2.51. The molecule has 1 saturated heterocycles. The maximum absolute atomic E-state index is 13.0. The van der Waals surface area contributed by atoms with Crippen molar-refractivity contribution in [1.82, 2.24) is 4.72 Å². The monoisotopic (exact) mass is 416 g/mol. The van der Waals surface area contributed by atoms with Crippen molar-refractivity contribution < 1.29 is 13.2 Å². The van der Waals surface area contributed by atoms with Crippen LogP contribution in [0.3, 0.4) is 0 Å². The van der Waals surface area contributed by atoms with E-state index in [4.69, 9.17) is 4.74 Å². The second kappa shape index (κ2) is 8.76. The lowest BCUT2D eigenvalue weighted by Crippen LogP contribution is -2.34. The number of nitrogens with zero attached hydrogens (tertiary/aromatic N) is 1. The fourth-order valence-corrected chi connectivity index (χ4v) is 5.89. The van der Waals surface area contributed by atoms with E-state index in [0.717, 1.165) is 18.7 Å². The summed E-state index contributed by atoms with van der Waals surface area (Å²) in [6, 6.07) is 11.4. The summed E-state index contributed by atoms with van der Waals surface area (Å²) in [5, 5.41) is 0. The SMILES string of the molecule is COc1cc(C)c(S(=O)(=O)N[C@H](C)c2ccc(N3CCC[C@@H](C)C3)cc2)c(C)c1. The van der Waals surface area contributed by atoms with Gasteiger partial charge in [-0.2, -0.15) is 0 Å². The van der Waals surface area contributed by atoms with E-state index >= 15 is 0 Å². The highest BCUT2D eigenvalue weighted by Gasteiger charge is 2.23. The topological polar surface area (TPSA) is 58.6 Å². The van der Waals surface area contributed by atoms with Gasteiger partial charge in [-0.3, -0.25) is 0 Å². The van der Waals surface area contributed by atoms with Crippen molar-refractivity contribution in [3.8, 4) is 5.75 Å². The Hall–Kier alpha value is -2.05. The van der Waals surface area contributed by atoms with Crippen LogP contribution in [0.2, 0.25) is 0 Å². The highest BCUT2D eigenvalue weighted by atomic mass is 32.2. The molecule has 1 N–H and O–H groups in total. The van der Waals surface area contributed by atoms with Gasteiger partial charge in [-0.15, -0.1) is 0 Å². The summed E-state index contributed by atoms with van der Waals surface area (Å²) in [5.41, 5.74) is 3.51. The van der Waals surface area contributed by atoms with Gasteiger partial charge in [-0.25, -0.2) is 13.1 Å². The van der Waals surface area contributed by atoms with Crippen molar-refractivity contribution in [2.45, 2.75) is 51.5 Å². The molecule has 0 saturated carbocycles. The van der Waals surface area contributed by atoms with Crippen LogP contribution in [-0.4, -0.2) is 28.6 Å². The molecule has 0 amide bonds. The van der Waals surface area contributed by atoms with E-state index in [1.807, 2.05) is 19.1 Å². The van der Waals surface area contributed by atoms with Gasteiger partial charge in [0.05, 0.1) is 12.0 Å². The number of sulfonamides is 1.